The van der Waals surface area contributed by atoms with E-state index in [4.69, 9.17) is 5.11 Å². The SMILES string of the molecule is O=P(C=CCO)(c1ccccc1)c1ccccc1. The molecule has 0 saturated carbocycles. The summed E-state index contributed by atoms with van der Waals surface area (Å²) in [5.41, 5.74) is 0. The zero-order valence-electron chi connectivity index (χ0n) is 9.94. The lowest BCUT2D eigenvalue weighted by Crippen LogP contribution is -2.13. The molecule has 2 rings (SSSR count). The molecule has 0 aliphatic rings. The Bertz CT molecular complexity index is 518. The molecule has 1 N–H and O–H groups in total. The maximum absolute atomic E-state index is 13.2. The number of benzene rings is 2. The van der Waals surface area contributed by atoms with Crippen molar-refractivity contribution in [2.75, 3.05) is 6.61 Å². The summed E-state index contributed by atoms with van der Waals surface area (Å²) in [6.07, 6.45) is 1.54. The third-order valence-corrected chi connectivity index (χ3v) is 5.46. The highest BCUT2D eigenvalue weighted by atomic mass is 31.2. The summed E-state index contributed by atoms with van der Waals surface area (Å²) in [5.74, 6) is 1.62. The molecule has 0 aliphatic carbocycles. The van der Waals surface area contributed by atoms with Gasteiger partial charge in [0.25, 0.3) is 0 Å². The van der Waals surface area contributed by atoms with Gasteiger partial charge in [-0.2, -0.15) is 0 Å². The van der Waals surface area contributed by atoms with Crippen molar-refractivity contribution in [3.63, 3.8) is 0 Å². The van der Waals surface area contributed by atoms with Gasteiger partial charge in [-0.15, -0.1) is 0 Å². The van der Waals surface area contributed by atoms with Gasteiger partial charge in [0, 0.05) is 10.6 Å². The molecule has 92 valence electrons. The Labute approximate surface area is 107 Å². The third-order valence-electron chi connectivity index (χ3n) is 2.70. The highest BCUT2D eigenvalue weighted by Gasteiger charge is 2.23. The Kier molecular flexibility index (Phi) is 4.14. The van der Waals surface area contributed by atoms with E-state index < -0.39 is 7.14 Å². The van der Waals surface area contributed by atoms with Crippen LogP contribution in [-0.2, 0) is 4.57 Å². The van der Waals surface area contributed by atoms with Crippen LogP contribution in [0.4, 0.5) is 0 Å². The normalized spacial score (nSPS) is 11.8. The van der Waals surface area contributed by atoms with Gasteiger partial charge in [0.15, 0.2) is 7.14 Å². The van der Waals surface area contributed by atoms with Gasteiger partial charge in [0.2, 0.25) is 0 Å². The number of hydrogen-bond donors (Lipinski definition) is 1. The largest absolute Gasteiger partial charge is 0.392 e. The fourth-order valence-electron chi connectivity index (χ4n) is 1.82. The van der Waals surface area contributed by atoms with E-state index in [1.807, 2.05) is 60.7 Å². The van der Waals surface area contributed by atoms with Crippen LogP contribution >= 0.6 is 7.14 Å². The Balaban J connectivity index is 2.56. The lowest BCUT2D eigenvalue weighted by molar-refractivity contribution is 0.343. The molecule has 0 spiro atoms. The lowest BCUT2D eigenvalue weighted by atomic mass is 10.4. The second-order valence-corrected chi connectivity index (χ2v) is 6.54. The van der Waals surface area contributed by atoms with Crippen molar-refractivity contribution >= 4 is 17.8 Å². The maximum Gasteiger partial charge on any atom is 0.163 e. The molecule has 0 heterocycles. The minimum absolute atomic E-state index is 0.107. The first-order valence-corrected chi connectivity index (χ1v) is 7.54. The van der Waals surface area contributed by atoms with Crippen molar-refractivity contribution in [3.8, 4) is 0 Å². The fourth-order valence-corrected chi connectivity index (χ4v) is 4.08. The Morgan fingerprint density at radius 2 is 1.33 bits per heavy atom. The first-order chi connectivity index (χ1) is 8.77. The van der Waals surface area contributed by atoms with Crippen LogP contribution in [0.15, 0.2) is 72.6 Å². The third kappa shape index (κ3) is 2.61. The van der Waals surface area contributed by atoms with Crippen molar-refractivity contribution in [1.82, 2.24) is 0 Å². The summed E-state index contributed by atoms with van der Waals surface area (Å²) >= 11 is 0. The van der Waals surface area contributed by atoms with E-state index in [1.54, 1.807) is 11.9 Å². The van der Waals surface area contributed by atoms with Crippen LogP contribution in [-0.4, -0.2) is 11.7 Å². The van der Waals surface area contributed by atoms with Gasteiger partial charge in [-0.25, -0.2) is 0 Å². The van der Waals surface area contributed by atoms with Crippen molar-refractivity contribution in [1.29, 1.82) is 0 Å². The maximum atomic E-state index is 13.2. The standard InChI is InChI=1S/C15H15O2P/c16-12-7-13-18(17,14-8-3-1-4-9-14)15-10-5-2-6-11-15/h1-11,13,16H,12H2. The van der Waals surface area contributed by atoms with Gasteiger partial charge in [-0.3, -0.25) is 0 Å². The average Bonchev–Trinajstić information content (AvgIpc) is 2.46. The molecule has 3 heteroatoms. The van der Waals surface area contributed by atoms with Gasteiger partial charge < -0.3 is 9.67 Å². The number of rotatable bonds is 4. The molecule has 0 amide bonds. The summed E-state index contributed by atoms with van der Waals surface area (Å²) in [5, 5.41) is 10.5. The van der Waals surface area contributed by atoms with E-state index in [1.165, 1.54) is 0 Å². The monoisotopic (exact) mass is 258 g/mol. The van der Waals surface area contributed by atoms with Gasteiger partial charge in [-0.1, -0.05) is 66.7 Å². The summed E-state index contributed by atoms with van der Waals surface area (Å²) in [6, 6.07) is 18.7. The highest BCUT2D eigenvalue weighted by molar-refractivity contribution is 7.81. The van der Waals surface area contributed by atoms with Crippen molar-refractivity contribution in [3.05, 3.63) is 72.6 Å². The minimum atomic E-state index is -2.78. The van der Waals surface area contributed by atoms with E-state index in [-0.39, 0.29) is 6.61 Å². The van der Waals surface area contributed by atoms with Gasteiger partial charge >= 0.3 is 0 Å². The van der Waals surface area contributed by atoms with E-state index >= 15 is 0 Å². The minimum Gasteiger partial charge on any atom is -0.392 e. The molecule has 0 radical (unpaired) electrons. The predicted octanol–water partition coefficient (Wildman–Crippen LogP) is 2.51. The first-order valence-electron chi connectivity index (χ1n) is 5.77. The van der Waals surface area contributed by atoms with E-state index in [0.29, 0.717) is 0 Å². The zero-order chi connectivity index (χ0) is 12.8. The summed E-state index contributed by atoms with van der Waals surface area (Å²) in [4.78, 5) is 0. The molecule has 0 fully saturated rings. The van der Waals surface area contributed by atoms with Gasteiger partial charge in [0.05, 0.1) is 6.61 Å². The molecule has 0 bridgehead atoms. The van der Waals surface area contributed by atoms with E-state index in [9.17, 15) is 4.57 Å². The second kappa shape index (κ2) is 5.81. The van der Waals surface area contributed by atoms with Crippen LogP contribution in [0.3, 0.4) is 0 Å². The van der Waals surface area contributed by atoms with Crippen LogP contribution < -0.4 is 10.6 Å². The molecule has 0 atom stereocenters. The molecule has 0 aliphatic heterocycles. The molecular weight excluding hydrogens is 243 g/mol. The highest BCUT2D eigenvalue weighted by Crippen LogP contribution is 2.44. The quantitative estimate of drug-likeness (QED) is 0.855. The number of aliphatic hydroxyl groups excluding tert-OH is 1. The van der Waals surface area contributed by atoms with Crippen molar-refractivity contribution in [2.24, 2.45) is 0 Å². The molecule has 18 heavy (non-hydrogen) atoms. The molecule has 2 aromatic carbocycles. The summed E-state index contributed by atoms with van der Waals surface area (Å²) in [6.45, 7) is -0.107. The molecule has 2 aromatic rings. The van der Waals surface area contributed by atoms with Crippen LogP contribution in [0.1, 0.15) is 0 Å². The molecule has 0 aromatic heterocycles. The summed E-state index contributed by atoms with van der Waals surface area (Å²) < 4.78 is 13.2. The Morgan fingerprint density at radius 1 is 0.889 bits per heavy atom. The Morgan fingerprint density at radius 3 is 1.72 bits per heavy atom. The lowest BCUT2D eigenvalue weighted by Gasteiger charge is -2.15. The summed E-state index contributed by atoms with van der Waals surface area (Å²) in [7, 11) is -2.78. The van der Waals surface area contributed by atoms with E-state index in [0.717, 1.165) is 10.6 Å². The molecule has 0 saturated heterocycles. The molecule has 2 nitrogen and oxygen atoms in total. The fraction of sp³-hybridized carbons (Fsp3) is 0.0667. The topological polar surface area (TPSA) is 37.3 Å². The predicted molar refractivity (Wildman–Crippen MR) is 76.0 cm³/mol. The number of aliphatic hydroxyl groups is 1. The van der Waals surface area contributed by atoms with Crippen LogP contribution in [0.25, 0.3) is 0 Å². The van der Waals surface area contributed by atoms with Gasteiger partial charge in [0.1, 0.15) is 0 Å². The zero-order valence-corrected chi connectivity index (χ0v) is 10.8. The average molecular weight is 258 g/mol. The van der Waals surface area contributed by atoms with Crippen molar-refractivity contribution < 1.29 is 9.67 Å². The smallest absolute Gasteiger partial charge is 0.163 e. The van der Waals surface area contributed by atoms with E-state index in [2.05, 4.69) is 0 Å². The van der Waals surface area contributed by atoms with Crippen LogP contribution in [0, 0.1) is 0 Å². The van der Waals surface area contributed by atoms with Crippen LogP contribution in [0.2, 0.25) is 0 Å². The number of hydrogen-bond acceptors (Lipinski definition) is 2. The first kappa shape index (κ1) is 12.8. The van der Waals surface area contributed by atoms with Gasteiger partial charge in [-0.05, 0) is 5.82 Å². The van der Waals surface area contributed by atoms with Crippen molar-refractivity contribution in [2.45, 2.75) is 0 Å². The molecule has 0 unspecified atom stereocenters. The Hall–Kier alpha value is -1.63. The second-order valence-electron chi connectivity index (χ2n) is 3.90. The van der Waals surface area contributed by atoms with Crippen LogP contribution in [0.5, 0.6) is 0 Å². The molecular formula is C15H15O2P.